The summed E-state index contributed by atoms with van der Waals surface area (Å²) in [5, 5.41) is 8.69. The van der Waals surface area contributed by atoms with Gasteiger partial charge >= 0.3 is 5.97 Å². The van der Waals surface area contributed by atoms with Gasteiger partial charge < -0.3 is 5.11 Å². The summed E-state index contributed by atoms with van der Waals surface area (Å²) in [6, 6.07) is 0. The molecule has 1 rings (SSSR count). The van der Waals surface area contributed by atoms with Crippen molar-refractivity contribution in [1.82, 2.24) is 0 Å². The van der Waals surface area contributed by atoms with Crippen molar-refractivity contribution in [1.29, 1.82) is 0 Å². The standard InChI is InChI=1S/C8H13BrO2/c9-7(8(10)11)6-4-2-1-3-5-6/h6-7H,1-5H2,(H,10,11)/t7-/m1/s1. The maximum absolute atomic E-state index is 10.6. The molecule has 0 unspecified atom stereocenters. The van der Waals surface area contributed by atoms with E-state index >= 15 is 0 Å². The number of rotatable bonds is 2. The number of hydrogen-bond donors (Lipinski definition) is 1. The molecule has 1 aliphatic carbocycles. The SMILES string of the molecule is O=C(O)[C@H](Br)C1CCCCC1. The quantitative estimate of drug-likeness (QED) is 0.727. The third kappa shape index (κ3) is 2.47. The molecule has 0 aromatic heterocycles. The van der Waals surface area contributed by atoms with Crippen LogP contribution in [0.15, 0.2) is 0 Å². The molecule has 0 heterocycles. The monoisotopic (exact) mass is 220 g/mol. The van der Waals surface area contributed by atoms with E-state index in [2.05, 4.69) is 15.9 Å². The predicted octanol–water partition coefficient (Wildman–Crippen LogP) is 2.41. The average molecular weight is 221 g/mol. The normalized spacial score (nSPS) is 23.0. The van der Waals surface area contributed by atoms with E-state index in [0.717, 1.165) is 12.8 Å². The van der Waals surface area contributed by atoms with Crippen LogP contribution in [0.1, 0.15) is 32.1 Å². The molecule has 0 aromatic carbocycles. The Hall–Kier alpha value is -0.0500. The van der Waals surface area contributed by atoms with E-state index in [0.29, 0.717) is 5.92 Å². The first-order valence-corrected chi connectivity index (χ1v) is 5.00. The second-order valence-corrected chi connectivity index (χ2v) is 4.12. The molecule has 0 radical (unpaired) electrons. The Kier molecular flexibility index (Phi) is 3.37. The van der Waals surface area contributed by atoms with Gasteiger partial charge in [-0.1, -0.05) is 35.2 Å². The van der Waals surface area contributed by atoms with E-state index in [1.807, 2.05) is 0 Å². The highest BCUT2D eigenvalue weighted by atomic mass is 79.9. The molecule has 11 heavy (non-hydrogen) atoms. The van der Waals surface area contributed by atoms with Crippen LogP contribution >= 0.6 is 15.9 Å². The minimum Gasteiger partial charge on any atom is -0.480 e. The highest BCUT2D eigenvalue weighted by Crippen LogP contribution is 2.29. The van der Waals surface area contributed by atoms with Crippen molar-refractivity contribution in [2.24, 2.45) is 5.92 Å². The fraction of sp³-hybridized carbons (Fsp3) is 0.875. The van der Waals surface area contributed by atoms with Crippen molar-refractivity contribution in [2.45, 2.75) is 36.9 Å². The lowest BCUT2D eigenvalue weighted by atomic mass is 9.87. The minimum atomic E-state index is -0.711. The van der Waals surface area contributed by atoms with Gasteiger partial charge in [-0.05, 0) is 18.8 Å². The van der Waals surface area contributed by atoms with Crippen LogP contribution in [0.2, 0.25) is 0 Å². The first kappa shape index (κ1) is 9.04. The second kappa shape index (κ2) is 4.10. The van der Waals surface area contributed by atoms with Crippen molar-refractivity contribution in [2.75, 3.05) is 0 Å². The summed E-state index contributed by atoms with van der Waals surface area (Å²) in [7, 11) is 0. The molecule has 0 spiro atoms. The first-order chi connectivity index (χ1) is 5.22. The zero-order chi connectivity index (χ0) is 8.27. The minimum absolute atomic E-state index is 0.317. The predicted molar refractivity (Wildman–Crippen MR) is 46.9 cm³/mol. The van der Waals surface area contributed by atoms with E-state index in [4.69, 9.17) is 5.11 Å². The van der Waals surface area contributed by atoms with Gasteiger partial charge in [-0.2, -0.15) is 0 Å². The molecule has 1 saturated carbocycles. The molecule has 0 aromatic rings. The van der Waals surface area contributed by atoms with E-state index in [-0.39, 0.29) is 4.83 Å². The summed E-state index contributed by atoms with van der Waals surface area (Å²) in [5.74, 6) is -0.349. The van der Waals surface area contributed by atoms with Gasteiger partial charge in [0.15, 0.2) is 0 Å². The molecule has 1 aliphatic rings. The fourth-order valence-electron chi connectivity index (χ4n) is 1.63. The van der Waals surface area contributed by atoms with Crippen LogP contribution in [0.5, 0.6) is 0 Å². The van der Waals surface area contributed by atoms with Gasteiger partial charge in [0.25, 0.3) is 0 Å². The lowest BCUT2D eigenvalue weighted by Gasteiger charge is -2.23. The van der Waals surface area contributed by atoms with Gasteiger partial charge in [0, 0.05) is 0 Å². The molecule has 3 heteroatoms. The maximum Gasteiger partial charge on any atom is 0.317 e. The number of hydrogen-bond acceptors (Lipinski definition) is 1. The number of alkyl halides is 1. The van der Waals surface area contributed by atoms with E-state index < -0.39 is 5.97 Å². The molecule has 0 amide bonds. The number of aliphatic carboxylic acids is 1. The highest BCUT2D eigenvalue weighted by molar-refractivity contribution is 9.10. The van der Waals surface area contributed by atoms with Crippen LogP contribution in [0.25, 0.3) is 0 Å². The van der Waals surface area contributed by atoms with Crippen LogP contribution in [-0.2, 0) is 4.79 Å². The summed E-state index contributed by atoms with van der Waals surface area (Å²) in [4.78, 5) is 10.2. The molecule has 0 aliphatic heterocycles. The molecular formula is C8H13BrO2. The molecule has 2 nitrogen and oxygen atoms in total. The average Bonchev–Trinajstić information content (AvgIpc) is 2.05. The topological polar surface area (TPSA) is 37.3 Å². The van der Waals surface area contributed by atoms with Gasteiger partial charge in [0.05, 0.1) is 0 Å². The maximum atomic E-state index is 10.6. The van der Waals surface area contributed by atoms with Crippen molar-refractivity contribution < 1.29 is 9.90 Å². The largest absolute Gasteiger partial charge is 0.480 e. The lowest BCUT2D eigenvalue weighted by Crippen LogP contribution is -2.25. The van der Waals surface area contributed by atoms with Crippen LogP contribution < -0.4 is 0 Å². The van der Waals surface area contributed by atoms with E-state index in [1.165, 1.54) is 19.3 Å². The van der Waals surface area contributed by atoms with E-state index in [1.54, 1.807) is 0 Å². The molecule has 1 fully saturated rings. The summed E-state index contributed by atoms with van der Waals surface area (Å²) >= 11 is 3.20. The Morgan fingerprint density at radius 3 is 2.36 bits per heavy atom. The van der Waals surface area contributed by atoms with Gasteiger partial charge in [-0.3, -0.25) is 4.79 Å². The summed E-state index contributed by atoms with van der Waals surface area (Å²) in [6.07, 6.45) is 5.81. The Bertz CT molecular complexity index is 141. The Balaban J connectivity index is 2.38. The molecule has 1 N–H and O–H groups in total. The third-order valence-electron chi connectivity index (χ3n) is 2.30. The zero-order valence-electron chi connectivity index (χ0n) is 6.42. The lowest BCUT2D eigenvalue weighted by molar-refractivity contribution is -0.137. The van der Waals surface area contributed by atoms with E-state index in [9.17, 15) is 4.79 Å². The number of carboxylic acid groups (broad SMARTS) is 1. The van der Waals surface area contributed by atoms with Crippen LogP contribution in [0, 0.1) is 5.92 Å². The second-order valence-electron chi connectivity index (χ2n) is 3.14. The van der Waals surface area contributed by atoms with Gasteiger partial charge in [-0.15, -0.1) is 0 Å². The Morgan fingerprint density at radius 2 is 1.91 bits per heavy atom. The van der Waals surface area contributed by atoms with Crippen LogP contribution in [0.3, 0.4) is 0 Å². The molecule has 0 bridgehead atoms. The van der Waals surface area contributed by atoms with Crippen molar-refractivity contribution in [3.8, 4) is 0 Å². The Morgan fingerprint density at radius 1 is 1.36 bits per heavy atom. The van der Waals surface area contributed by atoms with Crippen LogP contribution in [0.4, 0.5) is 0 Å². The highest BCUT2D eigenvalue weighted by Gasteiger charge is 2.26. The smallest absolute Gasteiger partial charge is 0.317 e. The number of carboxylic acids is 1. The molecule has 64 valence electrons. The van der Waals surface area contributed by atoms with Crippen molar-refractivity contribution >= 4 is 21.9 Å². The first-order valence-electron chi connectivity index (χ1n) is 4.08. The van der Waals surface area contributed by atoms with Gasteiger partial charge in [0.1, 0.15) is 4.83 Å². The summed E-state index contributed by atoms with van der Waals surface area (Å²) < 4.78 is 0. The number of halogens is 1. The Labute approximate surface area is 75.1 Å². The van der Waals surface area contributed by atoms with Gasteiger partial charge in [0.2, 0.25) is 0 Å². The zero-order valence-corrected chi connectivity index (χ0v) is 8.01. The third-order valence-corrected chi connectivity index (χ3v) is 3.44. The molecular weight excluding hydrogens is 208 g/mol. The number of carbonyl (C=O) groups is 1. The molecule has 1 atom stereocenters. The molecule has 0 saturated heterocycles. The van der Waals surface area contributed by atoms with Crippen molar-refractivity contribution in [3.63, 3.8) is 0 Å². The van der Waals surface area contributed by atoms with Crippen molar-refractivity contribution in [3.05, 3.63) is 0 Å². The summed E-state index contributed by atoms with van der Waals surface area (Å²) in [6.45, 7) is 0. The van der Waals surface area contributed by atoms with Crippen LogP contribution in [-0.4, -0.2) is 15.9 Å². The van der Waals surface area contributed by atoms with Gasteiger partial charge in [-0.25, -0.2) is 0 Å². The fourth-order valence-corrected chi connectivity index (χ4v) is 2.16. The summed E-state index contributed by atoms with van der Waals surface area (Å²) in [5.41, 5.74) is 0.